The van der Waals surface area contributed by atoms with Crippen LogP contribution >= 0.6 is 0 Å². The zero-order valence-corrected chi connectivity index (χ0v) is 15.9. The molecule has 0 aromatic carbocycles. The van der Waals surface area contributed by atoms with Gasteiger partial charge < -0.3 is 20.0 Å². The highest BCUT2D eigenvalue weighted by molar-refractivity contribution is 5.79. The van der Waals surface area contributed by atoms with E-state index < -0.39 is 0 Å². The lowest BCUT2D eigenvalue weighted by atomic mass is 9.94. The molecule has 0 aliphatic rings. The fourth-order valence-corrected chi connectivity index (χ4v) is 2.11. The highest BCUT2D eigenvalue weighted by Crippen LogP contribution is 2.22. The molecule has 0 saturated heterocycles. The maximum atomic E-state index is 5.77. The van der Waals surface area contributed by atoms with E-state index in [1.165, 1.54) is 0 Å². The van der Waals surface area contributed by atoms with E-state index in [0.29, 0.717) is 24.9 Å². The van der Waals surface area contributed by atoms with Crippen LogP contribution in [0.3, 0.4) is 0 Å². The largest absolute Gasteiger partial charge is 0.443 e. The second-order valence-electron chi connectivity index (χ2n) is 7.03. The molecule has 0 aliphatic heterocycles. The van der Waals surface area contributed by atoms with Gasteiger partial charge in [0, 0.05) is 26.6 Å². The Morgan fingerprint density at radius 1 is 1.20 bits per heavy atom. The van der Waals surface area contributed by atoms with Gasteiger partial charge in [0.2, 0.25) is 5.89 Å². The van der Waals surface area contributed by atoms with Gasteiger partial charge in [-0.2, -0.15) is 0 Å². The average Bonchev–Trinajstić information content (AvgIpc) is 3.04. The van der Waals surface area contributed by atoms with E-state index in [0.717, 1.165) is 17.3 Å². The minimum atomic E-state index is -0.0473. The number of aromatic nitrogens is 2. The Labute approximate surface area is 149 Å². The van der Waals surface area contributed by atoms with Gasteiger partial charge in [-0.1, -0.05) is 26.8 Å². The Kier molecular flexibility index (Phi) is 6.01. The quantitative estimate of drug-likeness (QED) is 0.640. The molecule has 0 aliphatic carbocycles. The molecular formula is C18H28N6O. The Hall–Kier alpha value is -2.57. The number of nitrogens with one attached hydrogen (secondary N) is 2. The number of oxazole rings is 1. The first-order valence-corrected chi connectivity index (χ1v) is 8.32. The number of nitrogens with zero attached hydrogens (tertiary/aromatic N) is 4. The minimum Gasteiger partial charge on any atom is -0.443 e. The normalized spacial score (nSPS) is 12.2. The summed E-state index contributed by atoms with van der Waals surface area (Å²) in [7, 11) is 5.68. The van der Waals surface area contributed by atoms with Gasteiger partial charge >= 0.3 is 0 Å². The molecule has 0 fully saturated rings. The van der Waals surface area contributed by atoms with Crippen molar-refractivity contribution in [3.63, 3.8) is 0 Å². The first-order valence-electron chi connectivity index (χ1n) is 8.32. The number of anilines is 1. The number of hydrogen-bond acceptors (Lipinski definition) is 5. The van der Waals surface area contributed by atoms with Crippen LogP contribution in [0.2, 0.25) is 0 Å². The highest BCUT2D eigenvalue weighted by atomic mass is 16.4. The molecule has 7 nitrogen and oxygen atoms in total. The molecule has 7 heteroatoms. The van der Waals surface area contributed by atoms with Gasteiger partial charge in [-0.15, -0.1) is 0 Å². The molecule has 0 saturated carbocycles. The molecule has 2 aromatic heterocycles. The van der Waals surface area contributed by atoms with Crippen LogP contribution in [-0.4, -0.2) is 37.1 Å². The lowest BCUT2D eigenvalue weighted by Gasteiger charge is -2.14. The van der Waals surface area contributed by atoms with Crippen LogP contribution < -0.4 is 15.5 Å². The second kappa shape index (κ2) is 8.00. The maximum absolute atomic E-state index is 5.77. The van der Waals surface area contributed by atoms with Crippen LogP contribution in [0.1, 0.15) is 38.1 Å². The van der Waals surface area contributed by atoms with Gasteiger partial charge in [-0.25, -0.2) is 9.97 Å². The summed E-state index contributed by atoms with van der Waals surface area (Å²) in [6.07, 6.45) is 1.78. The van der Waals surface area contributed by atoms with E-state index in [1.807, 2.05) is 37.2 Å². The standard InChI is InChI=1S/C18H28N6O/c1-18(2,3)14-11-20-16(25-14)12-22-17(19-4)21-10-13-8-7-9-15(23-13)24(5)6/h7-9,11H,10,12H2,1-6H3,(H2,19,21,22). The lowest BCUT2D eigenvalue weighted by Crippen LogP contribution is -2.36. The summed E-state index contributed by atoms with van der Waals surface area (Å²) >= 11 is 0. The third-order valence-corrected chi connectivity index (χ3v) is 3.61. The topological polar surface area (TPSA) is 78.6 Å². The van der Waals surface area contributed by atoms with Gasteiger partial charge in [0.05, 0.1) is 25.0 Å². The molecular weight excluding hydrogens is 316 g/mol. The van der Waals surface area contributed by atoms with Gasteiger partial charge in [0.25, 0.3) is 0 Å². The fourth-order valence-electron chi connectivity index (χ4n) is 2.11. The van der Waals surface area contributed by atoms with Gasteiger partial charge in [0.15, 0.2) is 5.96 Å². The third-order valence-electron chi connectivity index (χ3n) is 3.61. The van der Waals surface area contributed by atoms with Crippen LogP contribution in [0.5, 0.6) is 0 Å². The van der Waals surface area contributed by atoms with E-state index in [-0.39, 0.29) is 5.41 Å². The van der Waals surface area contributed by atoms with E-state index in [1.54, 1.807) is 13.2 Å². The van der Waals surface area contributed by atoms with Crippen LogP contribution in [0.15, 0.2) is 33.8 Å². The van der Waals surface area contributed by atoms with Crippen molar-refractivity contribution in [3.8, 4) is 0 Å². The van der Waals surface area contributed by atoms with Crippen molar-refractivity contribution in [3.05, 3.63) is 41.7 Å². The number of guanidine groups is 1. The first kappa shape index (κ1) is 18.8. The Balaban J connectivity index is 1.89. The van der Waals surface area contributed by atoms with E-state index in [9.17, 15) is 0 Å². The van der Waals surface area contributed by atoms with Crippen LogP contribution in [0.4, 0.5) is 5.82 Å². The van der Waals surface area contributed by atoms with Crippen molar-refractivity contribution in [1.82, 2.24) is 20.6 Å². The van der Waals surface area contributed by atoms with Crippen molar-refractivity contribution in [1.29, 1.82) is 0 Å². The predicted molar refractivity (Wildman–Crippen MR) is 101 cm³/mol. The van der Waals surface area contributed by atoms with Crippen LogP contribution in [0.25, 0.3) is 0 Å². The van der Waals surface area contributed by atoms with Gasteiger partial charge in [-0.3, -0.25) is 4.99 Å². The number of pyridine rings is 1. The molecule has 136 valence electrons. The molecule has 0 amide bonds. The first-order chi connectivity index (χ1) is 11.8. The summed E-state index contributed by atoms with van der Waals surface area (Å²) < 4.78 is 5.77. The highest BCUT2D eigenvalue weighted by Gasteiger charge is 2.19. The van der Waals surface area contributed by atoms with Gasteiger partial charge in [-0.05, 0) is 12.1 Å². The fraction of sp³-hybridized carbons (Fsp3) is 0.500. The molecule has 2 heterocycles. The summed E-state index contributed by atoms with van der Waals surface area (Å²) in [5.41, 5.74) is 0.897. The monoisotopic (exact) mass is 344 g/mol. The van der Waals surface area contributed by atoms with Crippen molar-refractivity contribution in [2.24, 2.45) is 4.99 Å². The summed E-state index contributed by atoms with van der Waals surface area (Å²) in [6, 6.07) is 5.96. The number of hydrogen-bond donors (Lipinski definition) is 2. The Morgan fingerprint density at radius 2 is 1.92 bits per heavy atom. The van der Waals surface area contributed by atoms with Crippen molar-refractivity contribution in [2.45, 2.75) is 39.3 Å². The molecule has 0 unspecified atom stereocenters. The minimum absolute atomic E-state index is 0.0473. The van der Waals surface area contributed by atoms with Crippen molar-refractivity contribution in [2.75, 3.05) is 26.0 Å². The molecule has 0 bridgehead atoms. The van der Waals surface area contributed by atoms with Crippen molar-refractivity contribution >= 4 is 11.8 Å². The number of aliphatic imine (C=N–C) groups is 1. The molecule has 25 heavy (non-hydrogen) atoms. The molecule has 0 radical (unpaired) electrons. The third kappa shape index (κ3) is 5.48. The van der Waals surface area contributed by atoms with E-state index in [2.05, 4.69) is 46.4 Å². The van der Waals surface area contributed by atoms with E-state index >= 15 is 0 Å². The smallest absolute Gasteiger partial charge is 0.213 e. The summed E-state index contributed by atoms with van der Waals surface area (Å²) in [6.45, 7) is 7.35. The molecule has 0 spiro atoms. The average molecular weight is 344 g/mol. The number of rotatable bonds is 5. The maximum Gasteiger partial charge on any atom is 0.213 e. The SMILES string of the molecule is CN=C(NCc1cccc(N(C)C)n1)NCc1ncc(C(C)(C)C)o1. The molecule has 2 N–H and O–H groups in total. The van der Waals surface area contributed by atoms with Crippen LogP contribution in [0, 0.1) is 0 Å². The lowest BCUT2D eigenvalue weighted by molar-refractivity contribution is 0.379. The Morgan fingerprint density at radius 3 is 2.52 bits per heavy atom. The predicted octanol–water partition coefficient (Wildman–Crippen LogP) is 2.30. The van der Waals surface area contributed by atoms with E-state index in [4.69, 9.17) is 4.42 Å². The Bertz CT molecular complexity index is 714. The zero-order chi connectivity index (χ0) is 18.4. The second-order valence-corrected chi connectivity index (χ2v) is 7.03. The molecule has 2 aromatic rings. The summed E-state index contributed by atoms with van der Waals surface area (Å²) in [5, 5.41) is 6.45. The molecule has 2 rings (SSSR count). The summed E-state index contributed by atoms with van der Waals surface area (Å²) in [4.78, 5) is 15.1. The zero-order valence-electron chi connectivity index (χ0n) is 15.9. The van der Waals surface area contributed by atoms with Crippen LogP contribution in [-0.2, 0) is 18.5 Å². The summed E-state index contributed by atoms with van der Waals surface area (Å²) in [5.74, 6) is 3.11. The molecule has 0 atom stereocenters. The van der Waals surface area contributed by atoms with Crippen molar-refractivity contribution < 1.29 is 4.42 Å². The van der Waals surface area contributed by atoms with Gasteiger partial charge in [0.1, 0.15) is 11.6 Å².